The van der Waals surface area contributed by atoms with E-state index in [-0.39, 0.29) is 23.6 Å². The third kappa shape index (κ3) is 5.11. The van der Waals surface area contributed by atoms with Crippen LogP contribution in [-0.4, -0.2) is 61.9 Å². The number of fused-ring (bicyclic) bond motifs is 1. The number of aromatic amines is 1. The lowest BCUT2D eigenvalue weighted by Crippen LogP contribution is -2.44. The van der Waals surface area contributed by atoms with E-state index in [1.165, 1.54) is 23.8 Å². The summed E-state index contributed by atoms with van der Waals surface area (Å²) in [6, 6.07) is 1.49. The number of phosphoric ester groups is 1. The zero-order valence-electron chi connectivity index (χ0n) is 19.4. The lowest BCUT2D eigenvalue weighted by molar-refractivity contribution is -0.0950. The summed E-state index contributed by atoms with van der Waals surface area (Å²) in [7, 11) is -4.00. The predicted molar refractivity (Wildman–Crippen MR) is 128 cm³/mol. The molecule has 2 aromatic heterocycles. The second kappa shape index (κ2) is 9.79. The highest BCUT2D eigenvalue weighted by Crippen LogP contribution is 2.55. The first-order valence-corrected chi connectivity index (χ1v) is 12.8. The molecule has 192 valence electrons. The molecule has 4 rings (SSSR count). The van der Waals surface area contributed by atoms with E-state index in [0.29, 0.717) is 11.5 Å². The van der Waals surface area contributed by atoms with Crippen LogP contribution in [0.25, 0.3) is 11.0 Å². The Morgan fingerprint density at radius 3 is 2.97 bits per heavy atom. The number of allylic oxidation sites excluding steroid dienone is 2. The van der Waals surface area contributed by atoms with Gasteiger partial charge >= 0.3 is 7.82 Å². The van der Waals surface area contributed by atoms with Gasteiger partial charge in [-0.05, 0) is 38.5 Å². The Kier molecular flexibility index (Phi) is 7.29. The molecule has 6 atom stereocenters. The van der Waals surface area contributed by atoms with Crippen LogP contribution in [0.15, 0.2) is 39.8 Å². The number of ether oxygens (including phenoxy) is 1. The van der Waals surface area contributed by atoms with E-state index in [2.05, 4.69) is 9.97 Å². The Morgan fingerprint density at radius 2 is 2.29 bits per heavy atom. The van der Waals surface area contributed by atoms with E-state index in [4.69, 9.17) is 35.6 Å². The highest BCUT2D eigenvalue weighted by molar-refractivity contribution is 7.48. The fourth-order valence-corrected chi connectivity index (χ4v) is 5.71. The van der Waals surface area contributed by atoms with Gasteiger partial charge < -0.3 is 25.3 Å². The van der Waals surface area contributed by atoms with Gasteiger partial charge in [-0.15, -0.1) is 0 Å². The smallest absolute Gasteiger partial charge is 0.387 e. The normalized spacial score (nSPS) is 34.6. The molecule has 2 fully saturated rings. The average Bonchev–Trinajstić information content (AvgIpc) is 3.29. The molecule has 2 unspecified atom stereocenters. The molecule has 12 nitrogen and oxygen atoms in total. The van der Waals surface area contributed by atoms with Crippen molar-refractivity contribution >= 4 is 36.4 Å². The summed E-state index contributed by atoms with van der Waals surface area (Å²) in [5.74, 6) is -0.112. The molecule has 5 N–H and O–H groups in total. The molecule has 0 aliphatic carbocycles. The van der Waals surface area contributed by atoms with E-state index >= 15 is 0 Å². The number of hydrogen-bond donors (Lipinski definition) is 4. The summed E-state index contributed by atoms with van der Waals surface area (Å²) in [6.07, 6.45) is 1.20. The maximum absolute atomic E-state index is 13.1. The number of nitrogen functional groups attached to an aromatic ring is 1. The quantitative estimate of drug-likeness (QED) is 0.321. The van der Waals surface area contributed by atoms with E-state index in [0.717, 1.165) is 5.57 Å². The summed E-state index contributed by atoms with van der Waals surface area (Å²) >= 11 is 5.97. The number of aliphatic hydroxyl groups is 2. The number of rotatable bonds is 6. The fourth-order valence-electron chi connectivity index (χ4n) is 4.19. The minimum absolute atomic E-state index is 0.112. The Hall–Kier alpha value is -2.02. The van der Waals surface area contributed by atoms with Gasteiger partial charge in [0.2, 0.25) is 5.95 Å². The van der Waals surface area contributed by atoms with Crippen molar-refractivity contribution in [2.45, 2.75) is 57.3 Å². The van der Waals surface area contributed by atoms with Gasteiger partial charge in [-0.1, -0.05) is 17.7 Å². The van der Waals surface area contributed by atoms with Gasteiger partial charge in [0.15, 0.2) is 11.9 Å². The van der Waals surface area contributed by atoms with Crippen molar-refractivity contribution in [1.29, 1.82) is 0 Å². The SMILES string of the molecule is C/C=C(\C=C(/C)Cl)C1CCOP(=O)(OC[C@H]2O[C@@H](n3ccc4c(=O)[nH]c(N)nc43)[C@](C)(O)[C@@H]2O)O1. The first-order valence-electron chi connectivity index (χ1n) is 10.9. The monoisotopic (exact) mass is 530 g/mol. The van der Waals surface area contributed by atoms with Gasteiger partial charge in [0.1, 0.15) is 17.8 Å². The highest BCUT2D eigenvalue weighted by Gasteiger charge is 2.54. The van der Waals surface area contributed by atoms with Crippen LogP contribution < -0.4 is 11.3 Å². The second-order valence-electron chi connectivity index (χ2n) is 8.59. The maximum atomic E-state index is 13.1. The van der Waals surface area contributed by atoms with Gasteiger partial charge in [0, 0.05) is 17.6 Å². The number of nitrogens with two attached hydrogens (primary N) is 1. The van der Waals surface area contributed by atoms with Gasteiger partial charge in [-0.25, -0.2) is 4.57 Å². The lowest BCUT2D eigenvalue weighted by atomic mass is 9.96. The Labute approximate surface area is 205 Å². The molecule has 14 heteroatoms. The molecule has 0 aromatic carbocycles. The van der Waals surface area contributed by atoms with Gasteiger partial charge in [-0.3, -0.25) is 23.3 Å². The van der Waals surface area contributed by atoms with Crippen molar-refractivity contribution in [3.05, 3.63) is 45.4 Å². The van der Waals surface area contributed by atoms with Crippen LogP contribution in [0.3, 0.4) is 0 Å². The molecule has 2 saturated heterocycles. The summed E-state index contributed by atoms with van der Waals surface area (Å²) in [4.78, 5) is 18.7. The number of halogens is 1. The number of hydrogen-bond acceptors (Lipinski definition) is 10. The minimum Gasteiger partial charge on any atom is -0.387 e. The number of nitrogens with zero attached hydrogens (tertiary/aromatic N) is 2. The molecule has 0 amide bonds. The van der Waals surface area contributed by atoms with Crippen molar-refractivity contribution in [3.63, 3.8) is 0 Å². The molecule has 4 heterocycles. The lowest BCUT2D eigenvalue weighted by Gasteiger charge is -2.30. The van der Waals surface area contributed by atoms with Gasteiger partial charge in [0.05, 0.1) is 24.7 Å². The molecule has 0 bridgehead atoms. The van der Waals surface area contributed by atoms with Crippen LogP contribution >= 0.6 is 19.4 Å². The number of aromatic nitrogens is 3. The number of anilines is 1. The number of phosphoric acid groups is 1. The molecular formula is C21H28ClN4O8P. The van der Waals surface area contributed by atoms with E-state index in [1.54, 1.807) is 19.1 Å². The fraction of sp³-hybridized carbons (Fsp3) is 0.524. The van der Waals surface area contributed by atoms with Gasteiger partial charge in [-0.2, -0.15) is 4.98 Å². The van der Waals surface area contributed by atoms with Crippen molar-refractivity contribution in [2.24, 2.45) is 0 Å². The topological polar surface area (TPSA) is 171 Å². The predicted octanol–water partition coefficient (Wildman–Crippen LogP) is 2.34. The largest absolute Gasteiger partial charge is 0.475 e. The first kappa shape index (κ1) is 26.1. The van der Waals surface area contributed by atoms with E-state index < -0.39 is 50.1 Å². The number of nitrogens with one attached hydrogen (secondary N) is 1. The van der Waals surface area contributed by atoms with Crippen LogP contribution in [0.2, 0.25) is 0 Å². The van der Waals surface area contributed by atoms with Crippen LogP contribution in [0.5, 0.6) is 0 Å². The Bertz CT molecular complexity index is 1270. The van der Waals surface area contributed by atoms with E-state index in [9.17, 15) is 19.6 Å². The van der Waals surface area contributed by atoms with Gasteiger partial charge in [0.25, 0.3) is 5.56 Å². The highest BCUT2D eigenvalue weighted by atomic mass is 35.5. The molecule has 2 aromatic rings. The summed E-state index contributed by atoms with van der Waals surface area (Å²) in [6.45, 7) is 4.62. The summed E-state index contributed by atoms with van der Waals surface area (Å²) in [5, 5.41) is 22.6. The molecular weight excluding hydrogens is 503 g/mol. The first-order chi connectivity index (χ1) is 16.4. The van der Waals surface area contributed by atoms with Crippen LogP contribution in [0, 0.1) is 0 Å². The van der Waals surface area contributed by atoms with Crippen molar-refractivity contribution < 1.29 is 33.1 Å². The third-order valence-corrected chi connectivity index (χ3v) is 7.55. The number of aliphatic hydroxyl groups excluding tert-OH is 1. The Morgan fingerprint density at radius 1 is 1.54 bits per heavy atom. The van der Waals surface area contributed by atoms with Crippen molar-refractivity contribution in [1.82, 2.24) is 14.5 Å². The van der Waals surface area contributed by atoms with Crippen LogP contribution in [0.1, 0.15) is 33.4 Å². The maximum Gasteiger partial charge on any atom is 0.475 e. The van der Waals surface area contributed by atoms with Crippen LogP contribution in [0.4, 0.5) is 5.95 Å². The molecule has 2 aliphatic rings. The minimum atomic E-state index is -4.00. The van der Waals surface area contributed by atoms with Crippen molar-refractivity contribution in [3.8, 4) is 0 Å². The summed E-state index contributed by atoms with van der Waals surface area (Å²) in [5.41, 5.74) is 4.29. The summed E-state index contributed by atoms with van der Waals surface area (Å²) < 4.78 is 36.8. The second-order valence-corrected chi connectivity index (χ2v) is 10.8. The number of H-pyrrole nitrogens is 1. The van der Waals surface area contributed by atoms with Crippen molar-refractivity contribution in [2.75, 3.05) is 18.9 Å². The van der Waals surface area contributed by atoms with Crippen LogP contribution in [-0.2, 0) is 22.9 Å². The standard InChI is InChI=1S/C21H28ClN4O8P/c1-4-12(9-11(2)22)14-6-8-31-35(30,34-14)32-10-15-16(27)21(3,29)19(33-15)26-7-5-13-17(26)24-20(23)25-18(13)28/h4-5,7,9,14-16,19,27,29H,6,8,10H2,1-3H3,(H3,23,24,25,28)/b11-9+,12-4+/t14?,15-,16-,19-,21-,35?/m1/s1. The Balaban J connectivity index is 1.51. The molecule has 0 saturated carbocycles. The zero-order valence-corrected chi connectivity index (χ0v) is 21.0. The zero-order chi connectivity index (χ0) is 25.5. The molecule has 35 heavy (non-hydrogen) atoms. The average molecular weight is 531 g/mol. The van der Waals surface area contributed by atoms with E-state index in [1.807, 2.05) is 6.92 Å². The molecule has 2 aliphatic heterocycles. The molecule has 0 spiro atoms. The molecule has 0 radical (unpaired) electrons. The third-order valence-electron chi connectivity index (χ3n) is 5.96.